The average molecular weight is 313 g/mol. The van der Waals surface area contributed by atoms with E-state index in [0.717, 1.165) is 22.6 Å². The van der Waals surface area contributed by atoms with Gasteiger partial charge in [0.15, 0.2) is 6.10 Å². The number of rotatable bonds is 6. The standard InChI is InChI=1S/C19H23NO3/c1-13-9-10-17(14(2)11-13)23-15(3)19(21)20-12-16-7-5-6-8-18(16)22-4/h5-11,15H,12H2,1-4H3,(H,20,21). The second-order valence-electron chi connectivity index (χ2n) is 5.56. The molecule has 1 amide bonds. The van der Waals surface area contributed by atoms with E-state index in [1.54, 1.807) is 14.0 Å². The van der Waals surface area contributed by atoms with Gasteiger partial charge in [-0.05, 0) is 38.5 Å². The molecule has 2 aromatic carbocycles. The van der Waals surface area contributed by atoms with Crippen molar-refractivity contribution in [1.82, 2.24) is 5.32 Å². The number of para-hydroxylation sites is 1. The Balaban J connectivity index is 1.95. The molecule has 2 aromatic rings. The van der Waals surface area contributed by atoms with Crippen LogP contribution in [0.3, 0.4) is 0 Å². The number of methoxy groups -OCH3 is 1. The molecule has 0 bridgehead atoms. The van der Waals surface area contributed by atoms with Crippen LogP contribution in [0.5, 0.6) is 11.5 Å². The quantitative estimate of drug-likeness (QED) is 0.889. The van der Waals surface area contributed by atoms with Gasteiger partial charge >= 0.3 is 0 Å². The number of amides is 1. The molecule has 0 heterocycles. The first-order valence-corrected chi connectivity index (χ1v) is 7.64. The Morgan fingerprint density at radius 1 is 1.13 bits per heavy atom. The SMILES string of the molecule is COc1ccccc1CNC(=O)C(C)Oc1ccc(C)cc1C. The number of ether oxygens (including phenoxy) is 2. The molecule has 0 aliphatic rings. The third kappa shape index (κ3) is 4.49. The molecule has 23 heavy (non-hydrogen) atoms. The number of benzene rings is 2. The van der Waals surface area contributed by atoms with Crippen molar-refractivity contribution in [3.63, 3.8) is 0 Å². The maximum absolute atomic E-state index is 12.2. The lowest BCUT2D eigenvalue weighted by Crippen LogP contribution is -2.36. The summed E-state index contributed by atoms with van der Waals surface area (Å²) in [6.07, 6.45) is -0.564. The first-order valence-electron chi connectivity index (χ1n) is 7.64. The van der Waals surface area contributed by atoms with E-state index in [1.807, 2.05) is 56.3 Å². The molecular weight excluding hydrogens is 290 g/mol. The van der Waals surface area contributed by atoms with Crippen molar-refractivity contribution in [2.24, 2.45) is 0 Å². The molecule has 1 unspecified atom stereocenters. The van der Waals surface area contributed by atoms with Crippen molar-refractivity contribution in [2.45, 2.75) is 33.4 Å². The third-order valence-electron chi connectivity index (χ3n) is 3.65. The van der Waals surface area contributed by atoms with Crippen LogP contribution < -0.4 is 14.8 Å². The summed E-state index contributed by atoms with van der Waals surface area (Å²) in [4.78, 5) is 12.2. The van der Waals surface area contributed by atoms with Crippen molar-refractivity contribution in [3.05, 3.63) is 59.2 Å². The zero-order valence-corrected chi connectivity index (χ0v) is 14.1. The van der Waals surface area contributed by atoms with E-state index >= 15 is 0 Å². The van der Waals surface area contributed by atoms with E-state index in [1.165, 1.54) is 5.56 Å². The summed E-state index contributed by atoms with van der Waals surface area (Å²) in [5.41, 5.74) is 3.12. The van der Waals surface area contributed by atoms with Gasteiger partial charge in [0, 0.05) is 12.1 Å². The highest BCUT2D eigenvalue weighted by Crippen LogP contribution is 2.20. The van der Waals surface area contributed by atoms with Gasteiger partial charge in [0.25, 0.3) is 5.91 Å². The Kier molecular flexibility index (Phi) is 5.63. The van der Waals surface area contributed by atoms with Crippen LogP contribution in [0, 0.1) is 13.8 Å². The number of carbonyl (C=O) groups excluding carboxylic acids is 1. The zero-order chi connectivity index (χ0) is 16.8. The Morgan fingerprint density at radius 2 is 1.87 bits per heavy atom. The highest BCUT2D eigenvalue weighted by molar-refractivity contribution is 5.80. The highest BCUT2D eigenvalue weighted by atomic mass is 16.5. The number of hydrogen-bond donors (Lipinski definition) is 1. The summed E-state index contributed by atoms with van der Waals surface area (Å²) in [5, 5.41) is 2.88. The third-order valence-corrected chi connectivity index (χ3v) is 3.65. The summed E-state index contributed by atoms with van der Waals surface area (Å²) in [6.45, 7) is 6.15. The molecule has 0 spiro atoms. The molecule has 122 valence electrons. The van der Waals surface area contributed by atoms with Gasteiger partial charge in [-0.25, -0.2) is 0 Å². The van der Waals surface area contributed by atoms with Crippen molar-refractivity contribution >= 4 is 5.91 Å². The van der Waals surface area contributed by atoms with Crippen LogP contribution in [-0.4, -0.2) is 19.1 Å². The lowest BCUT2D eigenvalue weighted by Gasteiger charge is -2.17. The fourth-order valence-corrected chi connectivity index (χ4v) is 2.35. The predicted octanol–water partition coefficient (Wildman–Crippen LogP) is 3.40. The van der Waals surface area contributed by atoms with Gasteiger partial charge < -0.3 is 14.8 Å². The van der Waals surface area contributed by atoms with E-state index in [9.17, 15) is 4.79 Å². The van der Waals surface area contributed by atoms with Gasteiger partial charge in [0.2, 0.25) is 0 Å². The molecule has 0 radical (unpaired) electrons. The van der Waals surface area contributed by atoms with E-state index in [0.29, 0.717) is 6.54 Å². The number of aryl methyl sites for hydroxylation is 2. The highest BCUT2D eigenvalue weighted by Gasteiger charge is 2.16. The number of carbonyl (C=O) groups is 1. The first-order chi connectivity index (χ1) is 11.0. The minimum absolute atomic E-state index is 0.157. The van der Waals surface area contributed by atoms with E-state index < -0.39 is 6.10 Å². The van der Waals surface area contributed by atoms with Gasteiger partial charge in [0.1, 0.15) is 11.5 Å². The summed E-state index contributed by atoms with van der Waals surface area (Å²) in [5.74, 6) is 1.34. The normalized spacial score (nSPS) is 11.7. The maximum atomic E-state index is 12.2. The molecule has 0 aliphatic heterocycles. The van der Waals surface area contributed by atoms with Gasteiger partial charge in [-0.2, -0.15) is 0 Å². The summed E-state index contributed by atoms with van der Waals surface area (Å²) in [6, 6.07) is 13.5. The molecule has 0 saturated heterocycles. The van der Waals surface area contributed by atoms with E-state index in [4.69, 9.17) is 9.47 Å². The molecule has 1 N–H and O–H groups in total. The summed E-state index contributed by atoms with van der Waals surface area (Å²) < 4.78 is 11.0. The molecule has 2 rings (SSSR count). The molecule has 4 nitrogen and oxygen atoms in total. The van der Waals surface area contributed by atoms with Crippen LogP contribution in [0.4, 0.5) is 0 Å². The van der Waals surface area contributed by atoms with Gasteiger partial charge in [-0.1, -0.05) is 35.9 Å². The average Bonchev–Trinajstić information content (AvgIpc) is 2.55. The topological polar surface area (TPSA) is 47.6 Å². The van der Waals surface area contributed by atoms with Crippen molar-refractivity contribution in [1.29, 1.82) is 0 Å². The first kappa shape index (κ1) is 16.9. The van der Waals surface area contributed by atoms with Crippen LogP contribution in [0.25, 0.3) is 0 Å². The largest absolute Gasteiger partial charge is 0.496 e. The van der Waals surface area contributed by atoms with Crippen LogP contribution in [0.15, 0.2) is 42.5 Å². The smallest absolute Gasteiger partial charge is 0.261 e. The minimum Gasteiger partial charge on any atom is -0.496 e. The zero-order valence-electron chi connectivity index (χ0n) is 14.1. The summed E-state index contributed by atoms with van der Waals surface area (Å²) in [7, 11) is 1.62. The maximum Gasteiger partial charge on any atom is 0.261 e. The van der Waals surface area contributed by atoms with Crippen molar-refractivity contribution in [3.8, 4) is 11.5 Å². The predicted molar refractivity (Wildman–Crippen MR) is 90.8 cm³/mol. The fourth-order valence-electron chi connectivity index (χ4n) is 2.35. The summed E-state index contributed by atoms with van der Waals surface area (Å²) >= 11 is 0. The van der Waals surface area contributed by atoms with Gasteiger partial charge in [-0.3, -0.25) is 4.79 Å². The monoisotopic (exact) mass is 313 g/mol. The van der Waals surface area contributed by atoms with Crippen LogP contribution in [0.1, 0.15) is 23.6 Å². The van der Waals surface area contributed by atoms with Crippen LogP contribution in [0.2, 0.25) is 0 Å². The Hall–Kier alpha value is -2.49. The Morgan fingerprint density at radius 3 is 2.57 bits per heavy atom. The molecular formula is C19H23NO3. The van der Waals surface area contributed by atoms with Crippen LogP contribution in [-0.2, 0) is 11.3 Å². The van der Waals surface area contributed by atoms with Crippen LogP contribution >= 0.6 is 0 Å². The lowest BCUT2D eigenvalue weighted by molar-refractivity contribution is -0.127. The van der Waals surface area contributed by atoms with Crippen molar-refractivity contribution < 1.29 is 14.3 Å². The fraction of sp³-hybridized carbons (Fsp3) is 0.316. The van der Waals surface area contributed by atoms with Gasteiger partial charge in [-0.15, -0.1) is 0 Å². The van der Waals surface area contributed by atoms with E-state index in [-0.39, 0.29) is 5.91 Å². The Labute approximate surface area is 137 Å². The molecule has 0 aliphatic carbocycles. The molecule has 1 atom stereocenters. The molecule has 0 fully saturated rings. The van der Waals surface area contributed by atoms with Gasteiger partial charge in [0.05, 0.1) is 7.11 Å². The van der Waals surface area contributed by atoms with Crippen molar-refractivity contribution in [2.75, 3.05) is 7.11 Å². The van der Waals surface area contributed by atoms with E-state index in [2.05, 4.69) is 5.32 Å². The second-order valence-corrected chi connectivity index (χ2v) is 5.56. The Bertz CT molecular complexity index is 682. The number of hydrogen-bond acceptors (Lipinski definition) is 3. The molecule has 0 aromatic heterocycles. The minimum atomic E-state index is -0.564. The molecule has 4 heteroatoms. The molecule has 0 saturated carbocycles. The lowest BCUT2D eigenvalue weighted by atomic mass is 10.1. The second kappa shape index (κ2) is 7.68. The number of nitrogens with one attached hydrogen (secondary N) is 1.